The van der Waals surface area contributed by atoms with Crippen LogP contribution in [0.5, 0.6) is 0 Å². The normalized spacial score (nSPS) is 18.1. The molecule has 0 saturated heterocycles. The average Bonchev–Trinajstić information content (AvgIpc) is 2.84. The standard InChI is InChI=1S/C28H29ClN2O4S/c1-19-9-8-10-22(17-19)30-36(34,35)25-18-21(15-14-20(25)2)27(33)31(3)28(16-7-6-13-26(28)32)23-11-4-5-12-24(23)29/h4-5,8-12,14-15,17-18,30H,6-7,13,16H2,1-3H3. The van der Waals surface area contributed by atoms with Crippen molar-refractivity contribution in [1.29, 1.82) is 0 Å². The zero-order valence-corrected chi connectivity index (χ0v) is 22.1. The third-order valence-corrected chi connectivity index (χ3v) is 8.70. The number of rotatable bonds is 6. The summed E-state index contributed by atoms with van der Waals surface area (Å²) in [7, 11) is -2.37. The summed E-state index contributed by atoms with van der Waals surface area (Å²) in [6.07, 6.45) is 2.31. The molecule has 1 aliphatic carbocycles. The second-order valence-electron chi connectivity index (χ2n) is 9.29. The maximum absolute atomic E-state index is 13.8. The Balaban J connectivity index is 1.74. The molecule has 36 heavy (non-hydrogen) atoms. The Morgan fingerprint density at radius 2 is 1.75 bits per heavy atom. The topological polar surface area (TPSA) is 83.6 Å². The van der Waals surface area contributed by atoms with Gasteiger partial charge in [-0.2, -0.15) is 0 Å². The molecule has 8 heteroatoms. The van der Waals surface area contributed by atoms with E-state index in [1.807, 2.05) is 13.0 Å². The number of sulfonamides is 1. The summed E-state index contributed by atoms with van der Waals surface area (Å²) in [5.74, 6) is -0.518. The molecule has 0 aliphatic heterocycles. The number of hydrogen-bond acceptors (Lipinski definition) is 4. The molecule has 3 aromatic carbocycles. The van der Waals surface area contributed by atoms with Crippen LogP contribution in [0.2, 0.25) is 5.02 Å². The highest BCUT2D eigenvalue weighted by Crippen LogP contribution is 2.43. The highest BCUT2D eigenvalue weighted by molar-refractivity contribution is 7.92. The first-order valence-corrected chi connectivity index (χ1v) is 13.7. The van der Waals surface area contributed by atoms with Gasteiger partial charge in [0.05, 0.1) is 4.90 Å². The molecule has 3 aromatic rings. The number of anilines is 1. The Labute approximate surface area is 217 Å². The van der Waals surface area contributed by atoms with Crippen LogP contribution in [-0.4, -0.2) is 32.1 Å². The number of ketones is 1. The number of carbonyl (C=O) groups is 2. The molecular formula is C28H29ClN2O4S. The molecule has 1 saturated carbocycles. The van der Waals surface area contributed by atoms with Crippen LogP contribution < -0.4 is 4.72 Å². The quantitative estimate of drug-likeness (QED) is 0.437. The molecule has 1 fully saturated rings. The van der Waals surface area contributed by atoms with E-state index in [0.29, 0.717) is 34.7 Å². The Morgan fingerprint density at radius 1 is 1.00 bits per heavy atom. The summed E-state index contributed by atoms with van der Waals surface area (Å²) in [5.41, 5.74) is 1.42. The molecule has 1 N–H and O–H groups in total. The van der Waals surface area contributed by atoms with Gasteiger partial charge in [-0.05, 0) is 74.6 Å². The molecule has 0 heterocycles. The maximum Gasteiger partial charge on any atom is 0.262 e. The fraction of sp³-hybridized carbons (Fsp3) is 0.286. The minimum atomic E-state index is -3.96. The van der Waals surface area contributed by atoms with Gasteiger partial charge >= 0.3 is 0 Å². The first-order chi connectivity index (χ1) is 17.1. The van der Waals surface area contributed by atoms with Gasteiger partial charge in [0.1, 0.15) is 5.54 Å². The number of Topliss-reactive ketones (excluding diaryl/α,β-unsaturated/α-hetero) is 1. The SMILES string of the molecule is Cc1cccc(NS(=O)(=O)c2cc(C(=O)N(C)C3(c4ccccc4Cl)CCCCC3=O)ccc2C)c1. The van der Waals surface area contributed by atoms with Crippen molar-refractivity contribution >= 4 is 39.0 Å². The van der Waals surface area contributed by atoms with Gasteiger partial charge in [-0.1, -0.05) is 48.0 Å². The van der Waals surface area contributed by atoms with Crippen molar-refractivity contribution in [2.75, 3.05) is 11.8 Å². The summed E-state index contributed by atoms with van der Waals surface area (Å²) in [4.78, 5) is 28.6. The maximum atomic E-state index is 13.8. The van der Waals surface area contributed by atoms with E-state index in [9.17, 15) is 18.0 Å². The van der Waals surface area contributed by atoms with E-state index in [1.165, 1.54) is 11.0 Å². The van der Waals surface area contributed by atoms with E-state index >= 15 is 0 Å². The third kappa shape index (κ3) is 4.77. The van der Waals surface area contributed by atoms with Crippen LogP contribution in [-0.2, 0) is 20.4 Å². The lowest BCUT2D eigenvalue weighted by atomic mass is 9.74. The summed E-state index contributed by atoms with van der Waals surface area (Å²) >= 11 is 6.52. The lowest BCUT2D eigenvalue weighted by molar-refractivity contribution is -0.132. The van der Waals surface area contributed by atoms with Crippen molar-refractivity contribution in [3.8, 4) is 0 Å². The van der Waals surface area contributed by atoms with Gasteiger partial charge in [0.2, 0.25) is 0 Å². The first kappa shape index (κ1) is 25.9. The van der Waals surface area contributed by atoms with E-state index in [4.69, 9.17) is 11.6 Å². The van der Waals surface area contributed by atoms with Crippen LogP contribution in [0.3, 0.4) is 0 Å². The highest BCUT2D eigenvalue weighted by Gasteiger charge is 2.48. The lowest BCUT2D eigenvalue weighted by Crippen LogP contribution is -2.54. The van der Waals surface area contributed by atoms with Crippen molar-refractivity contribution in [3.63, 3.8) is 0 Å². The minimum absolute atomic E-state index is 0.00465. The molecule has 6 nitrogen and oxygen atoms in total. The summed E-state index contributed by atoms with van der Waals surface area (Å²) < 4.78 is 29.1. The van der Waals surface area contributed by atoms with Crippen LogP contribution in [0.15, 0.2) is 71.6 Å². The van der Waals surface area contributed by atoms with E-state index in [1.54, 1.807) is 68.6 Å². The fourth-order valence-electron chi connectivity index (χ4n) is 4.94. The van der Waals surface area contributed by atoms with E-state index in [0.717, 1.165) is 18.4 Å². The van der Waals surface area contributed by atoms with Crippen molar-refractivity contribution in [1.82, 2.24) is 4.90 Å². The molecule has 1 atom stereocenters. The Morgan fingerprint density at radius 3 is 2.44 bits per heavy atom. The van der Waals surface area contributed by atoms with Crippen molar-refractivity contribution in [2.45, 2.75) is 50.0 Å². The van der Waals surface area contributed by atoms with Crippen LogP contribution in [0.25, 0.3) is 0 Å². The smallest absolute Gasteiger partial charge is 0.262 e. The molecule has 0 radical (unpaired) electrons. The Hall–Kier alpha value is -3.16. The number of carbonyl (C=O) groups excluding carboxylic acids is 2. The number of amides is 1. The van der Waals surface area contributed by atoms with Gasteiger partial charge in [-0.3, -0.25) is 14.3 Å². The molecule has 188 valence electrons. The van der Waals surface area contributed by atoms with Gasteiger partial charge in [0, 0.05) is 35.3 Å². The van der Waals surface area contributed by atoms with Crippen LogP contribution >= 0.6 is 11.6 Å². The number of halogens is 1. The van der Waals surface area contributed by atoms with Crippen molar-refractivity contribution in [2.24, 2.45) is 0 Å². The lowest BCUT2D eigenvalue weighted by Gasteiger charge is -2.44. The number of nitrogens with zero attached hydrogens (tertiary/aromatic N) is 1. The first-order valence-electron chi connectivity index (χ1n) is 11.8. The zero-order valence-electron chi connectivity index (χ0n) is 20.5. The summed E-state index contributed by atoms with van der Waals surface area (Å²) in [6.45, 7) is 3.55. The van der Waals surface area contributed by atoms with Gasteiger partial charge in [-0.15, -0.1) is 0 Å². The molecular weight excluding hydrogens is 496 g/mol. The Kier molecular flexibility index (Phi) is 7.25. The van der Waals surface area contributed by atoms with Crippen LogP contribution in [0, 0.1) is 13.8 Å². The highest BCUT2D eigenvalue weighted by atomic mass is 35.5. The zero-order chi connectivity index (χ0) is 26.1. The van der Waals surface area contributed by atoms with Crippen LogP contribution in [0.1, 0.15) is 52.7 Å². The minimum Gasteiger partial charge on any atom is -0.325 e. The van der Waals surface area contributed by atoms with Gasteiger partial charge in [0.15, 0.2) is 5.78 Å². The average molecular weight is 525 g/mol. The molecule has 1 amide bonds. The number of hydrogen-bond donors (Lipinski definition) is 1. The van der Waals surface area contributed by atoms with Gasteiger partial charge in [0.25, 0.3) is 15.9 Å². The van der Waals surface area contributed by atoms with Crippen molar-refractivity contribution < 1.29 is 18.0 Å². The second kappa shape index (κ2) is 10.1. The van der Waals surface area contributed by atoms with E-state index < -0.39 is 21.5 Å². The Bertz CT molecular complexity index is 1440. The fourth-order valence-corrected chi connectivity index (χ4v) is 6.55. The monoisotopic (exact) mass is 524 g/mol. The summed E-state index contributed by atoms with van der Waals surface area (Å²) in [5, 5.41) is 0.418. The molecule has 1 unspecified atom stereocenters. The largest absolute Gasteiger partial charge is 0.325 e. The van der Waals surface area contributed by atoms with E-state index in [-0.39, 0.29) is 16.2 Å². The number of aryl methyl sites for hydroxylation is 2. The van der Waals surface area contributed by atoms with Crippen molar-refractivity contribution in [3.05, 3.63) is 94.0 Å². The van der Waals surface area contributed by atoms with Gasteiger partial charge < -0.3 is 4.90 Å². The molecule has 0 aromatic heterocycles. The van der Waals surface area contributed by atoms with Gasteiger partial charge in [-0.25, -0.2) is 8.42 Å². The number of nitrogens with one attached hydrogen (secondary N) is 1. The predicted molar refractivity (Wildman–Crippen MR) is 142 cm³/mol. The summed E-state index contributed by atoms with van der Waals surface area (Å²) in [6, 6.07) is 18.7. The second-order valence-corrected chi connectivity index (χ2v) is 11.3. The number of benzene rings is 3. The van der Waals surface area contributed by atoms with E-state index in [2.05, 4.69) is 4.72 Å². The molecule has 4 rings (SSSR count). The molecule has 0 spiro atoms. The number of likely N-dealkylation sites (N-methyl/N-ethyl adjacent to an activating group) is 1. The third-order valence-electron chi connectivity index (χ3n) is 6.85. The predicted octanol–water partition coefficient (Wildman–Crippen LogP) is 5.87. The van der Waals surface area contributed by atoms with Crippen LogP contribution in [0.4, 0.5) is 5.69 Å². The molecule has 0 bridgehead atoms. The molecule has 1 aliphatic rings.